The van der Waals surface area contributed by atoms with Gasteiger partial charge >= 0.3 is 0 Å². The van der Waals surface area contributed by atoms with Gasteiger partial charge in [-0.05, 0) is 63.2 Å². The number of aromatic nitrogens is 3. The van der Waals surface area contributed by atoms with Crippen molar-refractivity contribution in [2.75, 3.05) is 19.6 Å². The van der Waals surface area contributed by atoms with E-state index in [0.717, 1.165) is 81.7 Å². The Labute approximate surface area is 189 Å². The van der Waals surface area contributed by atoms with Crippen LogP contribution in [0, 0.1) is 0 Å². The predicted molar refractivity (Wildman–Crippen MR) is 122 cm³/mol. The first-order chi connectivity index (χ1) is 15.7. The number of aryl methyl sites for hydroxylation is 1. The van der Waals surface area contributed by atoms with Crippen LogP contribution in [-0.2, 0) is 24.3 Å². The Morgan fingerprint density at radius 3 is 2.69 bits per heavy atom. The van der Waals surface area contributed by atoms with E-state index in [-0.39, 0.29) is 11.5 Å². The standard InChI is InChI=1S/C25H33N5O2/c31-24-15-22(27-23-6-2-1-3-12-29(23)24)20-9-13-28(14-10-20)18-25(32)30(21-7-8-21)17-19-5-4-11-26-16-19/h4-5,11,15-16,20-21H,1-3,6-10,12-14,17-18H2. The van der Waals surface area contributed by atoms with E-state index in [4.69, 9.17) is 4.98 Å². The van der Waals surface area contributed by atoms with Crippen LogP contribution in [0.25, 0.3) is 0 Å². The van der Waals surface area contributed by atoms with E-state index in [2.05, 4.69) is 9.88 Å². The Kier molecular flexibility index (Phi) is 6.35. The van der Waals surface area contributed by atoms with Crippen molar-refractivity contribution >= 4 is 5.91 Å². The maximum atomic E-state index is 13.1. The Balaban J connectivity index is 1.19. The molecule has 1 amide bonds. The molecule has 2 aliphatic heterocycles. The number of piperidine rings is 1. The largest absolute Gasteiger partial charge is 0.334 e. The van der Waals surface area contributed by atoms with E-state index in [0.29, 0.717) is 25.0 Å². The lowest BCUT2D eigenvalue weighted by Gasteiger charge is -2.33. The number of nitrogens with zero attached hydrogens (tertiary/aromatic N) is 5. The predicted octanol–water partition coefficient (Wildman–Crippen LogP) is 2.74. The van der Waals surface area contributed by atoms with Crippen LogP contribution in [0.15, 0.2) is 35.4 Å². The van der Waals surface area contributed by atoms with Gasteiger partial charge in [0, 0.05) is 49.9 Å². The highest BCUT2D eigenvalue weighted by atomic mass is 16.2. The fraction of sp³-hybridized carbons (Fsp3) is 0.600. The second kappa shape index (κ2) is 9.53. The third kappa shape index (κ3) is 4.93. The number of amides is 1. The van der Waals surface area contributed by atoms with Crippen LogP contribution in [0.1, 0.15) is 67.9 Å². The number of carbonyl (C=O) groups excluding carboxylic acids is 1. The minimum Gasteiger partial charge on any atom is -0.334 e. The van der Waals surface area contributed by atoms with Crippen molar-refractivity contribution < 1.29 is 4.79 Å². The smallest absolute Gasteiger partial charge is 0.253 e. The number of carbonyl (C=O) groups is 1. The fourth-order valence-electron chi connectivity index (χ4n) is 5.11. The summed E-state index contributed by atoms with van der Waals surface area (Å²) < 4.78 is 1.87. The number of rotatable bonds is 6. The normalized spacial score (nSPS) is 19.9. The zero-order valence-electron chi connectivity index (χ0n) is 18.8. The molecule has 2 fully saturated rings. The molecule has 0 bridgehead atoms. The van der Waals surface area contributed by atoms with Crippen LogP contribution in [0.2, 0.25) is 0 Å². The van der Waals surface area contributed by atoms with Gasteiger partial charge in [0.25, 0.3) is 5.56 Å². The van der Waals surface area contributed by atoms with E-state index in [9.17, 15) is 9.59 Å². The summed E-state index contributed by atoms with van der Waals surface area (Å²) >= 11 is 0. The van der Waals surface area contributed by atoms with Gasteiger partial charge in [0.1, 0.15) is 5.82 Å². The van der Waals surface area contributed by atoms with Crippen LogP contribution in [-0.4, -0.2) is 55.9 Å². The molecule has 0 aromatic carbocycles. The summed E-state index contributed by atoms with van der Waals surface area (Å²) in [6.45, 7) is 3.68. The van der Waals surface area contributed by atoms with Gasteiger partial charge in [0.15, 0.2) is 0 Å². The number of pyridine rings is 1. The first-order valence-corrected chi connectivity index (χ1v) is 12.2. The zero-order valence-corrected chi connectivity index (χ0v) is 18.8. The van der Waals surface area contributed by atoms with Crippen LogP contribution >= 0.6 is 0 Å². The van der Waals surface area contributed by atoms with Gasteiger partial charge in [-0.3, -0.25) is 24.0 Å². The Hall–Kier alpha value is -2.54. The molecule has 0 unspecified atom stereocenters. The van der Waals surface area contributed by atoms with E-state index in [1.807, 2.05) is 27.8 Å². The molecule has 4 heterocycles. The minimum atomic E-state index is 0.111. The fourth-order valence-corrected chi connectivity index (χ4v) is 5.11. The number of likely N-dealkylation sites (tertiary alicyclic amines) is 1. The molecular formula is C25H33N5O2. The second-order valence-corrected chi connectivity index (χ2v) is 9.56. The summed E-state index contributed by atoms with van der Waals surface area (Å²) in [5.74, 6) is 1.51. The summed E-state index contributed by atoms with van der Waals surface area (Å²) in [4.78, 5) is 39.2. The topological polar surface area (TPSA) is 71.3 Å². The van der Waals surface area contributed by atoms with Gasteiger partial charge in [-0.1, -0.05) is 12.5 Å². The molecule has 32 heavy (non-hydrogen) atoms. The van der Waals surface area contributed by atoms with Crippen LogP contribution in [0.5, 0.6) is 0 Å². The Morgan fingerprint density at radius 2 is 1.94 bits per heavy atom. The molecule has 0 spiro atoms. The Bertz CT molecular complexity index is 993. The average molecular weight is 436 g/mol. The van der Waals surface area contributed by atoms with Gasteiger partial charge < -0.3 is 4.90 Å². The van der Waals surface area contributed by atoms with Gasteiger partial charge in [-0.25, -0.2) is 4.98 Å². The lowest BCUT2D eigenvalue weighted by atomic mass is 9.93. The molecule has 1 saturated heterocycles. The lowest BCUT2D eigenvalue weighted by Crippen LogP contribution is -2.44. The summed E-state index contributed by atoms with van der Waals surface area (Å²) in [5.41, 5.74) is 2.16. The molecular weight excluding hydrogens is 402 g/mol. The molecule has 2 aromatic heterocycles. The monoisotopic (exact) mass is 435 g/mol. The average Bonchev–Trinajstić information content (AvgIpc) is 3.66. The minimum absolute atomic E-state index is 0.111. The lowest BCUT2D eigenvalue weighted by molar-refractivity contribution is -0.134. The van der Waals surface area contributed by atoms with Crippen molar-refractivity contribution in [1.82, 2.24) is 24.3 Å². The van der Waals surface area contributed by atoms with Gasteiger partial charge in [0.2, 0.25) is 5.91 Å². The number of fused-ring (bicyclic) bond motifs is 1. The maximum absolute atomic E-state index is 13.1. The molecule has 1 saturated carbocycles. The van der Waals surface area contributed by atoms with Crippen molar-refractivity contribution in [3.8, 4) is 0 Å². The Morgan fingerprint density at radius 1 is 1.09 bits per heavy atom. The van der Waals surface area contributed by atoms with E-state index in [1.165, 1.54) is 6.42 Å². The SMILES string of the molecule is O=C(CN1CCC(c2cc(=O)n3c(n2)CCCCC3)CC1)N(Cc1cccnc1)C1CC1. The third-order valence-corrected chi connectivity index (χ3v) is 7.14. The van der Waals surface area contributed by atoms with Crippen LogP contribution < -0.4 is 5.56 Å². The molecule has 3 aliphatic rings. The van der Waals surface area contributed by atoms with Gasteiger partial charge in [-0.15, -0.1) is 0 Å². The zero-order chi connectivity index (χ0) is 21.9. The number of hydrogen-bond acceptors (Lipinski definition) is 5. The molecule has 0 N–H and O–H groups in total. The summed E-state index contributed by atoms with van der Waals surface area (Å²) in [6.07, 6.45) is 12.0. The van der Waals surface area contributed by atoms with E-state index < -0.39 is 0 Å². The molecule has 0 radical (unpaired) electrons. The van der Waals surface area contributed by atoms with Crippen molar-refractivity contribution in [3.63, 3.8) is 0 Å². The molecule has 170 valence electrons. The quantitative estimate of drug-likeness (QED) is 0.698. The summed E-state index contributed by atoms with van der Waals surface area (Å²) in [6, 6.07) is 6.12. The second-order valence-electron chi connectivity index (χ2n) is 9.56. The maximum Gasteiger partial charge on any atom is 0.253 e. The van der Waals surface area contributed by atoms with Crippen molar-refractivity contribution in [3.05, 3.63) is 58.0 Å². The van der Waals surface area contributed by atoms with Crippen molar-refractivity contribution in [2.45, 2.75) is 76.4 Å². The highest BCUT2D eigenvalue weighted by molar-refractivity contribution is 5.79. The van der Waals surface area contributed by atoms with Crippen LogP contribution in [0.3, 0.4) is 0 Å². The number of hydrogen-bond donors (Lipinski definition) is 0. The molecule has 7 heteroatoms. The summed E-state index contributed by atoms with van der Waals surface area (Å²) in [5, 5.41) is 0. The van der Waals surface area contributed by atoms with E-state index in [1.54, 1.807) is 12.3 Å². The summed E-state index contributed by atoms with van der Waals surface area (Å²) in [7, 11) is 0. The molecule has 2 aromatic rings. The molecule has 1 aliphatic carbocycles. The third-order valence-electron chi connectivity index (χ3n) is 7.14. The molecule has 7 nitrogen and oxygen atoms in total. The van der Waals surface area contributed by atoms with Gasteiger partial charge in [-0.2, -0.15) is 0 Å². The molecule has 5 rings (SSSR count). The highest BCUT2D eigenvalue weighted by Crippen LogP contribution is 2.30. The first-order valence-electron chi connectivity index (χ1n) is 12.2. The van der Waals surface area contributed by atoms with E-state index >= 15 is 0 Å². The van der Waals surface area contributed by atoms with Crippen molar-refractivity contribution in [2.24, 2.45) is 0 Å². The van der Waals surface area contributed by atoms with Crippen molar-refractivity contribution in [1.29, 1.82) is 0 Å². The van der Waals surface area contributed by atoms with Gasteiger partial charge in [0.05, 0.1) is 12.2 Å². The molecule has 0 atom stereocenters. The van der Waals surface area contributed by atoms with Crippen LogP contribution in [0.4, 0.5) is 0 Å². The highest BCUT2D eigenvalue weighted by Gasteiger charge is 2.34. The first kappa shape index (κ1) is 21.3.